The van der Waals surface area contributed by atoms with E-state index in [1.807, 2.05) is 31.2 Å². The number of H-pyrrole nitrogens is 1. The number of hydrogen-bond acceptors (Lipinski definition) is 4. The number of fused-ring (bicyclic) bond motifs is 1. The van der Waals surface area contributed by atoms with Crippen LogP contribution in [0.5, 0.6) is 0 Å². The molecule has 1 fully saturated rings. The molecule has 1 aliphatic rings. The average Bonchev–Trinajstić information content (AvgIpc) is 3.01. The molecule has 2 aromatic carbocycles. The lowest BCUT2D eigenvalue weighted by molar-refractivity contribution is -0.143. The maximum absolute atomic E-state index is 12.7. The van der Waals surface area contributed by atoms with E-state index in [0.717, 1.165) is 5.69 Å². The van der Waals surface area contributed by atoms with Gasteiger partial charge in [-0.15, -0.1) is 0 Å². The van der Waals surface area contributed by atoms with Crippen LogP contribution in [-0.4, -0.2) is 51.9 Å². The number of rotatable bonds is 2. The molecular weight excluding hydrogens is 406 g/mol. The molecule has 2 heterocycles. The number of aromatic amines is 1. The molecule has 3 aromatic rings. The first-order valence-electron chi connectivity index (χ1n) is 9.64. The van der Waals surface area contributed by atoms with Crippen LogP contribution in [0.3, 0.4) is 0 Å². The summed E-state index contributed by atoms with van der Waals surface area (Å²) in [7, 11) is 1.64. The molecule has 1 atom stereocenters. The van der Waals surface area contributed by atoms with E-state index in [9.17, 15) is 14.4 Å². The predicted molar refractivity (Wildman–Crippen MR) is 117 cm³/mol. The van der Waals surface area contributed by atoms with E-state index in [4.69, 9.17) is 11.6 Å². The molecule has 0 bridgehead atoms. The van der Waals surface area contributed by atoms with Gasteiger partial charge in [0.2, 0.25) is 0 Å². The summed E-state index contributed by atoms with van der Waals surface area (Å²) < 4.78 is 1.45. The van der Waals surface area contributed by atoms with Gasteiger partial charge in [0.25, 0.3) is 0 Å². The van der Waals surface area contributed by atoms with E-state index in [0.29, 0.717) is 41.4 Å². The Morgan fingerprint density at radius 2 is 1.87 bits per heavy atom. The van der Waals surface area contributed by atoms with Gasteiger partial charge in [-0.05, 0) is 49.4 Å². The maximum Gasteiger partial charge on any atom is 0.326 e. The summed E-state index contributed by atoms with van der Waals surface area (Å²) in [5.41, 5.74) is 2.57. The Balaban J connectivity index is 1.42. The number of amides is 2. The van der Waals surface area contributed by atoms with Gasteiger partial charge in [0.15, 0.2) is 0 Å². The normalized spacial score (nSPS) is 16.7. The third kappa shape index (κ3) is 3.78. The molecule has 8 nitrogen and oxygen atoms in total. The molecule has 0 radical (unpaired) electrons. The van der Waals surface area contributed by atoms with E-state index in [2.05, 4.69) is 15.2 Å². The van der Waals surface area contributed by atoms with Crippen LogP contribution in [0.15, 0.2) is 47.3 Å². The molecule has 30 heavy (non-hydrogen) atoms. The smallest absolute Gasteiger partial charge is 0.326 e. The topological polar surface area (TPSA) is 90.4 Å². The highest BCUT2D eigenvalue weighted by Crippen LogP contribution is 2.23. The number of aromatic nitrogens is 2. The highest BCUT2D eigenvalue weighted by atomic mass is 35.5. The second kappa shape index (κ2) is 7.87. The minimum Gasteiger partial charge on any atom is -0.365 e. The van der Waals surface area contributed by atoms with E-state index in [1.54, 1.807) is 30.1 Å². The van der Waals surface area contributed by atoms with Gasteiger partial charge < -0.3 is 20.1 Å². The molecule has 0 unspecified atom stereocenters. The van der Waals surface area contributed by atoms with Crippen molar-refractivity contribution in [2.24, 2.45) is 7.05 Å². The van der Waals surface area contributed by atoms with Gasteiger partial charge in [-0.2, -0.15) is 0 Å². The number of nitrogens with one attached hydrogen (secondary N) is 2. The van der Waals surface area contributed by atoms with Crippen LogP contribution >= 0.6 is 11.6 Å². The van der Waals surface area contributed by atoms with E-state index in [1.165, 1.54) is 4.57 Å². The van der Waals surface area contributed by atoms with Crippen molar-refractivity contribution in [3.8, 4) is 0 Å². The number of anilines is 2. The SMILES string of the molecule is C[C@@H]1CN(C(=O)C(=O)Nc2ccc3[nH]c(=O)n(C)c3c2)CCN1c1ccc(Cl)cc1. The Hall–Kier alpha value is -3.26. The predicted octanol–water partition coefficient (Wildman–Crippen LogP) is 2.20. The monoisotopic (exact) mass is 427 g/mol. The van der Waals surface area contributed by atoms with Crippen LogP contribution in [0.1, 0.15) is 6.92 Å². The quantitative estimate of drug-likeness (QED) is 0.613. The molecule has 1 aromatic heterocycles. The first-order valence-corrected chi connectivity index (χ1v) is 10.0. The van der Waals surface area contributed by atoms with Crippen LogP contribution < -0.4 is 15.9 Å². The number of nitrogens with zero attached hydrogens (tertiary/aromatic N) is 3. The van der Waals surface area contributed by atoms with Crippen LogP contribution in [0.25, 0.3) is 11.0 Å². The summed E-state index contributed by atoms with van der Waals surface area (Å²) in [5, 5.41) is 3.32. The van der Waals surface area contributed by atoms with Gasteiger partial charge in [-0.25, -0.2) is 4.79 Å². The average molecular weight is 428 g/mol. The number of hydrogen-bond donors (Lipinski definition) is 2. The fourth-order valence-electron chi connectivity index (χ4n) is 3.79. The van der Waals surface area contributed by atoms with Crippen molar-refractivity contribution in [3.05, 3.63) is 58.0 Å². The van der Waals surface area contributed by atoms with Gasteiger partial charge in [0.1, 0.15) is 0 Å². The zero-order chi connectivity index (χ0) is 21.4. The lowest BCUT2D eigenvalue weighted by Crippen LogP contribution is -2.55. The zero-order valence-electron chi connectivity index (χ0n) is 16.7. The molecule has 1 aliphatic heterocycles. The fraction of sp³-hybridized carbons (Fsp3) is 0.286. The zero-order valence-corrected chi connectivity index (χ0v) is 17.4. The third-order valence-electron chi connectivity index (χ3n) is 5.43. The Morgan fingerprint density at radius 3 is 2.57 bits per heavy atom. The molecule has 2 amide bonds. The van der Waals surface area contributed by atoms with E-state index in [-0.39, 0.29) is 11.7 Å². The minimum absolute atomic E-state index is 0.0578. The lowest BCUT2D eigenvalue weighted by atomic mass is 10.1. The largest absolute Gasteiger partial charge is 0.365 e. The van der Waals surface area contributed by atoms with Crippen molar-refractivity contribution in [1.82, 2.24) is 14.5 Å². The number of carbonyl (C=O) groups excluding carboxylic acids is 2. The molecule has 156 valence electrons. The molecule has 1 saturated heterocycles. The fourth-order valence-corrected chi connectivity index (χ4v) is 3.91. The number of benzene rings is 2. The third-order valence-corrected chi connectivity index (χ3v) is 5.68. The summed E-state index contributed by atoms with van der Waals surface area (Å²) in [6.45, 7) is 3.54. The van der Waals surface area contributed by atoms with Crippen LogP contribution in [0, 0.1) is 0 Å². The Labute approximate surface area is 178 Å². The first-order chi connectivity index (χ1) is 14.3. The molecular formula is C21H22ClN5O3. The highest BCUT2D eigenvalue weighted by Gasteiger charge is 2.30. The number of aryl methyl sites for hydroxylation is 1. The lowest BCUT2D eigenvalue weighted by Gasteiger charge is -2.41. The van der Waals surface area contributed by atoms with Crippen LogP contribution in [0.2, 0.25) is 5.02 Å². The van der Waals surface area contributed by atoms with Crippen LogP contribution in [-0.2, 0) is 16.6 Å². The number of halogens is 1. The van der Waals surface area contributed by atoms with E-state index >= 15 is 0 Å². The number of imidazole rings is 1. The first kappa shape index (κ1) is 20.0. The van der Waals surface area contributed by atoms with Crippen molar-refractivity contribution in [2.45, 2.75) is 13.0 Å². The molecule has 0 aliphatic carbocycles. The Bertz CT molecular complexity index is 1170. The van der Waals surface area contributed by atoms with Crippen molar-refractivity contribution in [1.29, 1.82) is 0 Å². The van der Waals surface area contributed by atoms with E-state index < -0.39 is 11.8 Å². The standard InChI is InChI=1S/C21H22ClN5O3/c1-13-12-26(9-10-27(13)16-6-3-14(22)4-7-16)20(29)19(28)23-15-5-8-17-18(11-15)25(2)21(30)24-17/h3-8,11,13H,9-10,12H2,1-2H3,(H,23,28)(H,24,30)/t13-/m1/s1. The molecule has 0 spiro atoms. The van der Waals surface area contributed by atoms with Crippen molar-refractivity contribution < 1.29 is 9.59 Å². The summed E-state index contributed by atoms with van der Waals surface area (Å²) in [5.74, 6) is -1.26. The minimum atomic E-state index is -0.693. The second-order valence-corrected chi connectivity index (χ2v) is 7.88. The Morgan fingerprint density at radius 1 is 1.13 bits per heavy atom. The number of piperazine rings is 1. The van der Waals surface area contributed by atoms with Gasteiger partial charge in [0, 0.05) is 49.1 Å². The van der Waals surface area contributed by atoms with Gasteiger partial charge in [0.05, 0.1) is 11.0 Å². The van der Waals surface area contributed by atoms with Gasteiger partial charge >= 0.3 is 17.5 Å². The van der Waals surface area contributed by atoms with Gasteiger partial charge in [-0.1, -0.05) is 11.6 Å². The second-order valence-electron chi connectivity index (χ2n) is 7.45. The molecule has 2 N–H and O–H groups in total. The molecule has 0 saturated carbocycles. The molecule has 9 heteroatoms. The van der Waals surface area contributed by atoms with Crippen molar-refractivity contribution >= 4 is 45.8 Å². The van der Waals surface area contributed by atoms with Crippen molar-refractivity contribution in [3.63, 3.8) is 0 Å². The van der Waals surface area contributed by atoms with Gasteiger partial charge in [-0.3, -0.25) is 14.2 Å². The summed E-state index contributed by atoms with van der Waals surface area (Å²) in [4.78, 5) is 43.4. The van der Waals surface area contributed by atoms with Crippen LogP contribution in [0.4, 0.5) is 11.4 Å². The summed E-state index contributed by atoms with van der Waals surface area (Å²) >= 11 is 5.96. The molecule has 4 rings (SSSR count). The Kier molecular flexibility index (Phi) is 5.26. The number of carbonyl (C=O) groups is 2. The maximum atomic E-state index is 12.7. The van der Waals surface area contributed by atoms with Crippen molar-refractivity contribution in [2.75, 3.05) is 29.9 Å². The summed E-state index contributed by atoms with van der Waals surface area (Å²) in [6, 6.07) is 12.7. The summed E-state index contributed by atoms with van der Waals surface area (Å²) in [6.07, 6.45) is 0. The highest BCUT2D eigenvalue weighted by molar-refractivity contribution is 6.39.